The summed E-state index contributed by atoms with van der Waals surface area (Å²) in [5.74, 6) is 5.10. The Kier molecular flexibility index (Phi) is 4.64. The van der Waals surface area contributed by atoms with Crippen LogP contribution in [0.3, 0.4) is 0 Å². The van der Waals surface area contributed by atoms with Crippen molar-refractivity contribution >= 4 is 0 Å². The fourth-order valence-corrected chi connectivity index (χ4v) is 1.74. The summed E-state index contributed by atoms with van der Waals surface area (Å²) in [6, 6.07) is 6.03. The zero-order valence-corrected chi connectivity index (χ0v) is 10.7. The zero-order valence-electron chi connectivity index (χ0n) is 10.7. The summed E-state index contributed by atoms with van der Waals surface area (Å²) < 4.78 is 14.9. The number of nitrogens with zero attached hydrogens (tertiary/aromatic N) is 2. The van der Waals surface area contributed by atoms with Crippen LogP contribution in [0.15, 0.2) is 41.5 Å². The van der Waals surface area contributed by atoms with Gasteiger partial charge in [0.15, 0.2) is 0 Å². The van der Waals surface area contributed by atoms with Crippen molar-refractivity contribution in [2.45, 2.75) is 13.0 Å². The van der Waals surface area contributed by atoms with E-state index in [0.29, 0.717) is 17.5 Å². The topological polar surface area (TPSA) is 55.1 Å². The van der Waals surface area contributed by atoms with Crippen LogP contribution in [0.4, 0.5) is 4.39 Å². The molecule has 5 heteroatoms. The third-order valence-corrected chi connectivity index (χ3v) is 2.56. The normalized spacial score (nSPS) is 9.90. The molecule has 0 saturated carbocycles. The average molecular weight is 272 g/mol. The van der Waals surface area contributed by atoms with Crippen molar-refractivity contribution in [1.29, 1.82) is 0 Å². The first-order valence-corrected chi connectivity index (χ1v) is 6.09. The molecular formula is C15H13FN2O2. The van der Waals surface area contributed by atoms with Gasteiger partial charge in [-0.05, 0) is 29.8 Å². The minimum Gasteiger partial charge on any atom is -0.395 e. The van der Waals surface area contributed by atoms with Crippen molar-refractivity contribution in [2.24, 2.45) is 0 Å². The van der Waals surface area contributed by atoms with Crippen LogP contribution >= 0.6 is 0 Å². The Balaban J connectivity index is 2.27. The molecule has 0 atom stereocenters. The lowest BCUT2D eigenvalue weighted by Gasteiger charge is -2.05. The first-order chi connectivity index (χ1) is 9.69. The van der Waals surface area contributed by atoms with Gasteiger partial charge in [0.05, 0.1) is 13.2 Å². The first kappa shape index (κ1) is 14.0. The predicted octanol–water partition coefficient (Wildman–Crippen LogP) is 1.16. The summed E-state index contributed by atoms with van der Waals surface area (Å²) in [7, 11) is 0. The van der Waals surface area contributed by atoms with E-state index in [0.717, 1.165) is 0 Å². The second kappa shape index (κ2) is 6.64. The lowest BCUT2D eigenvalue weighted by molar-refractivity contribution is 0.305. The van der Waals surface area contributed by atoms with Crippen molar-refractivity contribution in [2.75, 3.05) is 6.61 Å². The van der Waals surface area contributed by atoms with E-state index >= 15 is 0 Å². The number of benzene rings is 1. The Hall–Kier alpha value is -2.45. The van der Waals surface area contributed by atoms with Crippen LogP contribution in [0.2, 0.25) is 0 Å². The smallest absolute Gasteiger partial charge is 0.347 e. The highest BCUT2D eigenvalue weighted by Crippen LogP contribution is 2.09. The quantitative estimate of drug-likeness (QED) is 0.853. The van der Waals surface area contributed by atoms with Crippen molar-refractivity contribution in [3.8, 4) is 11.8 Å². The number of hydrogen-bond acceptors (Lipinski definition) is 3. The van der Waals surface area contributed by atoms with Gasteiger partial charge in [-0.25, -0.2) is 14.2 Å². The molecule has 2 aromatic rings. The average Bonchev–Trinajstić information content (AvgIpc) is 2.41. The standard InChI is InChI=1S/C15H13FN2O2/c16-14-9-12(4-1-2-7-19)8-13(10-14)11-18-6-3-5-17-15(18)20/h3,5-6,8-10,19H,2,7,11H2. The predicted molar refractivity (Wildman–Crippen MR) is 72.6 cm³/mol. The Morgan fingerprint density at radius 1 is 1.35 bits per heavy atom. The van der Waals surface area contributed by atoms with E-state index in [4.69, 9.17) is 5.11 Å². The minimum absolute atomic E-state index is 0.0275. The molecule has 0 fully saturated rings. The van der Waals surface area contributed by atoms with E-state index in [1.807, 2.05) is 0 Å². The SMILES string of the molecule is O=c1ncccn1Cc1cc(F)cc(C#CCCO)c1. The lowest BCUT2D eigenvalue weighted by atomic mass is 10.1. The fourth-order valence-electron chi connectivity index (χ4n) is 1.74. The van der Waals surface area contributed by atoms with Gasteiger partial charge in [-0.15, -0.1) is 0 Å². The third kappa shape index (κ3) is 3.77. The molecule has 0 radical (unpaired) electrons. The molecule has 1 heterocycles. The molecule has 20 heavy (non-hydrogen) atoms. The van der Waals surface area contributed by atoms with E-state index in [1.165, 1.54) is 22.9 Å². The molecule has 1 aromatic heterocycles. The fraction of sp³-hybridized carbons (Fsp3) is 0.200. The summed E-state index contributed by atoms with van der Waals surface area (Å²) in [5, 5.41) is 8.66. The molecule has 2 rings (SSSR count). The molecule has 0 aliphatic heterocycles. The van der Waals surface area contributed by atoms with Gasteiger partial charge >= 0.3 is 5.69 Å². The highest BCUT2D eigenvalue weighted by molar-refractivity contribution is 5.37. The number of aliphatic hydroxyl groups is 1. The Morgan fingerprint density at radius 3 is 2.95 bits per heavy atom. The molecular weight excluding hydrogens is 259 g/mol. The van der Waals surface area contributed by atoms with Gasteiger partial charge in [-0.2, -0.15) is 0 Å². The summed E-state index contributed by atoms with van der Waals surface area (Å²) in [5.41, 5.74) is 0.767. The van der Waals surface area contributed by atoms with Gasteiger partial charge in [0.2, 0.25) is 0 Å². The number of aliphatic hydroxyl groups excluding tert-OH is 1. The highest BCUT2D eigenvalue weighted by Gasteiger charge is 2.02. The molecule has 0 aliphatic carbocycles. The van der Waals surface area contributed by atoms with Crippen LogP contribution in [0, 0.1) is 17.7 Å². The minimum atomic E-state index is -0.410. The molecule has 0 spiro atoms. The van der Waals surface area contributed by atoms with E-state index in [1.54, 1.807) is 18.3 Å². The molecule has 1 N–H and O–H groups in total. The monoisotopic (exact) mass is 272 g/mol. The van der Waals surface area contributed by atoms with Crippen molar-refractivity contribution in [3.63, 3.8) is 0 Å². The molecule has 0 unspecified atom stereocenters. The van der Waals surface area contributed by atoms with E-state index in [9.17, 15) is 9.18 Å². The van der Waals surface area contributed by atoms with Gasteiger partial charge < -0.3 is 5.11 Å². The number of halogens is 1. The van der Waals surface area contributed by atoms with Gasteiger partial charge in [0.1, 0.15) is 5.82 Å². The Labute approximate surface area is 115 Å². The number of rotatable bonds is 3. The lowest BCUT2D eigenvalue weighted by Crippen LogP contribution is -2.21. The van der Waals surface area contributed by atoms with Crippen molar-refractivity contribution in [1.82, 2.24) is 9.55 Å². The van der Waals surface area contributed by atoms with Crippen LogP contribution in [-0.2, 0) is 6.54 Å². The van der Waals surface area contributed by atoms with Crippen molar-refractivity contribution < 1.29 is 9.50 Å². The highest BCUT2D eigenvalue weighted by atomic mass is 19.1. The Morgan fingerprint density at radius 2 is 2.20 bits per heavy atom. The maximum absolute atomic E-state index is 13.5. The number of hydrogen-bond donors (Lipinski definition) is 1. The van der Waals surface area contributed by atoms with Crippen LogP contribution in [0.25, 0.3) is 0 Å². The van der Waals surface area contributed by atoms with Gasteiger partial charge in [-0.3, -0.25) is 4.57 Å². The molecule has 0 aliphatic rings. The van der Waals surface area contributed by atoms with E-state index < -0.39 is 5.82 Å². The van der Waals surface area contributed by atoms with Gasteiger partial charge in [-0.1, -0.05) is 11.8 Å². The molecule has 102 valence electrons. The van der Waals surface area contributed by atoms with Gasteiger partial charge in [0, 0.05) is 24.4 Å². The first-order valence-electron chi connectivity index (χ1n) is 6.09. The summed E-state index contributed by atoms with van der Waals surface area (Å²) in [6.07, 6.45) is 3.35. The molecule has 4 nitrogen and oxygen atoms in total. The molecule has 0 bridgehead atoms. The van der Waals surface area contributed by atoms with Crippen LogP contribution in [-0.4, -0.2) is 21.3 Å². The largest absolute Gasteiger partial charge is 0.395 e. The van der Waals surface area contributed by atoms with E-state index in [2.05, 4.69) is 16.8 Å². The van der Waals surface area contributed by atoms with E-state index in [-0.39, 0.29) is 18.8 Å². The summed E-state index contributed by atoms with van der Waals surface area (Å²) in [4.78, 5) is 15.1. The molecule has 0 amide bonds. The van der Waals surface area contributed by atoms with Crippen LogP contribution < -0.4 is 5.69 Å². The molecule has 1 aromatic carbocycles. The zero-order chi connectivity index (χ0) is 14.4. The maximum Gasteiger partial charge on any atom is 0.347 e. The maximum atomic E-state index is 13.5. The Bertz CT molecular complexity index is 714. The summed E-state index contributed by atoms with van der Waals surface area (Å²) >= 11 is 0. The van der Waals surface area contributed by atoms with Crippen molar-refractivity contribution in [3.05, 3.63) is 64.1 Å². The van der Waals surface area contributed by atoms with Gasteiger partial charge in [0.25, 0.3) is 0 Å². The second-order valence-corrected chi connectivity index (χ2v) is 4.15. The second-order valence-electron chi connectivity index (χ2n) is 4.15. The number of aromatic nitrogens is 2. The van der Waals surface area contributed by atoms with Crippen LogP contribution in [0.1, 0.15) is 17.5 Å². The van der Waals surface area contributed by atoms with Crippen LogP contribution in [0.5, 0.6) is 0 Å². The molecule has 0 saturated heterocycles. The third-order valence-electron chi connectivity index (χ3n) is 2.56. The summed E-state index contributed by atoms with van der Waals surface area (Å²) in [6.45, 7) is 0.208.